The first-order chi connectivity index (χ1) is 6.91. The number of carbonyl (C=O) groups is 1. The Balaban J connectivity index is 0.00000225. The molecule has 1 aromatic rings. The van der Waals surface area contributed by atoms with Gasteiger partial charge in [-0.2, -0.15) is 0 Å². The SMILES string of the molecule is Cc1cc(C)c(C(=O)O[PH](=O)[O-])c(C)c1.[Na+]. The summed E-state index contributed by atoms with van der Waals surface area (Å²) in [6.07, 6.45) is 0. The summed E-state index contributed by atoms with van der Waals surface area (Å²) >= 11 is 0. The van der Waals surface area contributed by atoms with Crippen LogP contribution in [0, 0.1) is 20.8 Å². The first-order valence-corrected chi connectivity index (χ1v) is 5.65. The number of aryl methyl sites for hydroxylation is 3. The minimum Gasteiger partial charge on any atom is -0.771 e. The molecule has 0 bridgehead atoms. The van der Waals surface area contributed by atoms with Crippen LogP contribution in [0.2, 0.25) is 0 Å². The molecule has 0 saturated carbocycles. The van der Waals surface area contributed by atoms with Gasteiger partial charge in [0.15, 0.2) is 8.25 Å². The summed E-state index contributed by atoms with van der Waals surface area (Å²) in [5, 5.41) is 0. The van der Waals surface area contributed by atoms with Gasteiger partial charge in [0.25, 0.3) is 0 Å². The number of benzene rings is 1. The van der Waals surface area contributed by atoms with E-state index in [9.17, 15) is 14.3 Å². The fraction of sp³-hybridized carbons (Fsp3) is 0.300. The van der Waals surface area contributed by atoms with Crippen LogP contribution in [0.1, 0.15) is 27.0 Å². The molecule has 1 aromatic carbocycles. The first-order valence-electron chi connectivity index (χ1n) is 4.43. The molecule has 0 aliphatic rings. The average molecular weight is 250 g/mol. The Kier molecular flexibility index (Phi) is 6.53. The molecule has 0 aliphatic carbocycles. The third-order valence-corrected chi connectivity index (χ3v) is 2.41. The Morgan fingerprint density at radius 1 is 1.25 bits per heavy atom. The molecule has 1 unspecified atom stereocenters. The van der Waals surface area contributed by atoms with Gasteiger partial charge in [-0.25, -0.2) is 4.79 Å². The molecule has 0 aliphatic heterocycles. The molecule has 16 heavy (non-hydrogen) atoms. The second kappa shape index (κ2) is 6.58. The molecule has 0 aromatic heterocycles. The van der Waals surface area contributed by atoms with Crippen LogP contribution in [0.25, 0.3) is 0 Å². The molecule has 6 heteroatoms. The minimum absolute atomic E-state index is 0. The molecule has 0 fully saturated rings. The molecule has 0 radical (unpaired) electrons. The van der Waals surface area contributed by atoms with E-state index in [-0.39, 0.29) is 29.6 Å². The summed E-state index contributed by atoms with van der Waals surface area (Å²) in [6, 6.07) is 3.62. The van der Waals surface area contributed by atoms with Crippen molar-refractivity contribution in [1.29, 1.82) is 0 Å². The summed E-state index contributed by atoms with van der Waals surface area (Å²) in [7, 11) is -3.47. The quantitative estimate of drug-likeness (QED) is 0.474. The molecule has 82 valence electrons. The van der Waals surface area contributed by atoms with Gasteiger partial charge in [0, 0.05) is 0 Å². The number of hydrogen-bond acceptors (Lipinski definition) is 4. The van der Waals surface area contributed by atoms with E-state index < -0.39 is 14.2 Å². The number of hydrogen-bond donors (Lipinski definition) is 0. The van der Waals surface area contributed by atoms with Gasteiger partial charge in [-0.1, -0.05) is 17.7 Å². The van der Waals surface area contributed by atoms with Crippen LogP contribution in [-0.4, -0.2) is 5.97 Å². The monoisotopic (exact) mass is 250 g/mol. The molecule has 1 rings (SSSR count). The maximum absolute atomic E-state index is 11.4. The van der Waals surface area contributed by atoms with Gasteiger partial charge in [0.2, 0.25) is 0 Å². The molecule has 0 N–H and O–H groups in total. The van der Waals surface area contributed by atoms with E-state index in [0.717, 1.165) is 16.7 Å². The summed E-state index contributed by atoms with van der Waals surface area (Å²) < 4.78 is 14.5. The zero-order valence-electron chi connectivity index (χ0n) is 9.79. The van der Waals surface area contributed by atoms with Crippen molar-refractivity contribution in [2.24, 2.45) is 0 Å². The molecular formula is C10H12NaO4P. The zero-order valence-corrected chi connectivity index (χ0v) is 12.8. The van der Waals surface area contributed by atoms with Crippen molar-refractivity contribution in [1.82, 2.24) is 0 Å². The molecular weight excluding hydrogens is 238 g/mol. The van der Waals surface area contributed by atoms with E-state index in [1.807, 2.05) is 19.1 Å². The Bertz CT molecular complexity index is 408. The second-order valence-electron chi connectivity index (χ2n) is 3.41. The molecule has 0 heterocycles. The van der Waals surface area contributed by atoms with Gasteiger partial charge in [0.1, 0.15) is 0 Å². The zero-order chi connectivity index (χ0) is 11.6. The van der Waals surface area contributed by atoms with Crippen LogP contribution in [-0.2, 0) is 9.09 Å². The van der Waals surface area contributed by atoms with Gasteiger partial charge < -0.3 is 9.42 Å². The largest absolute Gasteiger partial charge is 1.00 e. The molecule has 1 atom stereocenters. The van der Waals surface area contributed by atoms with Crippen LogP contribution < -0.4 is 34.5 Å². The van der Waals surface area contributed by atoms with Gasteiger partial charge in [-0.15, -0.1) is 0 Å². The van der Waals surface area contributed by atoms with Gasteiger partial charge in [-0.3, -0.25) is 4.57 Å². The van der Waals surface area contributed by atoms with Gasteiger partial charge in [0.05, 0.1) is 5.56 Å². The van der Waals surface area contributed by atoms with E-state index in [1.54, 1.807) is 13.8 Å². The fourth-order valence-electron chi connectivity index (χ4n) is 1.63. The summed E-state index contributed by atoms with van der Waals surface area (Å²) in [6.45, 7) is 5.41. The standard InChI is InChI=1S/C10H13O4P.Na/c1-6-4-7(2)9(8(3)5-6)10(11)14-15(12)13;/h4-5,15H,1-3H3,(H,12,13);/q;+1/p-1. The van der Waals surface area contributed by atoms with E-state index >= 15 is 0 Å². The number of carbonyl (C=O) groups excluding carboxylic acids is 1. The van der Waals surface area contributed by atoms with Crippen molar-refractivity contribution in [2.75, 3.05) is 0 Å². The summed E-state index contributed by atoms with van der Waals surface area (Å²) in [4.78, 5) is 21.7. The van der Waals surface area contributed by atoms with Crippen molar-refractivity contribution in [3.05, 3.63) is 34.4 Å². The van der Waals surface area contributed by atoms with Crippen LogP contribution in [0.5, 0.6) is 0 Å². The number of rotatable bonds is 2. The Labute approximate surface area is 117 Å². The molecule has 0 amide bonds. The van der Waals surface area contributed by atoms with Crippen molar-refractivity contribution >= 4 is 14.2 Å². The van der Waals surface area contributed by atoms with E-state index in [2.05, 4.69) is 4.52 Å². The minimum atomic E-state index is -3.47. The van der Waals surface area contributed by atoms with Crippen molar-refractivity contribution in [3.63, 3.8) is 0 Å². The second-order valence-corrected chi connectivity index (χ2v) is 4.12. The first kappa shape index (κ1) is 15.9. The maximum Gasteiger partial charge on any atom is 1.00 e. The summed E-state index contributed by atoms with van der Waals surface area (Å²) in [5.41, 5.74) is 2.80. The average Bonchev–Trinajstić information content (AvgIpc) is 1.99. The molecule has 0 saturated heterocycles. The van der Waals surface area contributed by atoms with Gasteiger partial charge in [-0.05, 0) is 31.9 Å². The maximum atomic E-state index is 11.4. The van der Waals surface area contributed by atoms with E-state index in [0.29, 0.717) is 5.56 Å². The Morgan fingerprint density at radius 3 is 2.06 bits per heavy atom. The third kappa shape index (κ3) is 4.04. The normalized spacial score (nSPS) is 11.5. The Hall–Kier alpha value is -0.120. The summed E-state index contributed by atoms with van der Waals surface area (Å²) in [5.74, 6) is -0.802. The van der Waals surface area contributed by atoms with Crippen LogP contribution in [0.4, 0.5) is 0 Å². The predicted octanol–water partition coefficient (Wildman–Crippen LogP) is -1.48. The molecule has 4 nitrogen and oxygen atoms in total. The predicted molar refractivity (Wildman–Crippen MR) is 55.1 cm³/mol. The van der Waals surface area contributed by atoms with Gasteiger partial charge >= 0.3 is 35.5 Å². The van der Waals surface area contributed by atoms with Crippen molar-refractivity contribution < 1.29 is 48.3 Å². The van der Waals surface area contributed by atoms with Crippen molar-refractivity contribution in [2.45, 2.75) is 20.8 Å². The Morgan fingerprint density at radius 2 is 1.69 bits per heavy atom. The fourth-order valence-corrected chi connectivity index (χ4v) is 1.88. The van der Waals surface area contributed by atoms with E-state index in [4.69, 9.17) is 0 Å². The van der Waals surface area contributed by atoms with Crippen LogP contribution in [0.15, 0.2) is 12.1 Å². The van der Waals surface area contributed by atoms with Crippen molar-refractivity contribution in [3.8, 4) is 0 Å². The van der Waals surface area contributed by atoms with Crippen LogP contribution in [0.3, 0.4) is 0 Å². The van der Waals surface area contributed by atoms with E-state index in [1.165, 1.54) is 0 Å². The smallest absolute Gasteiger partial charge is 0.771 e. The topological polar surface area (TPSA) is 66.4 Å². The van der Waals surface area contributed by atoms with Crippen LogP contribution >= 0.6 is 8.25 Å². The third-order valence-electron chi connectivity index (χ3n) is 2.06. The molecule has 0 spiro atoms.